The highest BCUT2D eigenvalue weighted by molar-refractivity contribution is 5.51. The fraction of sp³-hybridized carbons (Fsp3) is 0.0667. The zero-order chi connectivity index (χ0) is 12.5. The van der Waals surface area contributed by atoms with E-state index in [2.05, 4.69) is 6.58 Å². The van der Waals surface area contributed by atoms with Gasteiger partial charge in [-0.3, -0.25) is 0 Å². The van der Waals surface area contributed by atoms with Gasteiger partial charge in [0.25, 0.3) is 0 Å². The molecule has 17 heavy (non-hydrogen) atoms. The van der Waals surface area contributed by atoms with Gasteiger partial charge in [-0.15, -0.1) is 0 Å². The molecular formula is C15H18N2. The summed E-state index contributed by atoms with van der Waals surface area (Å²) in [6.07, 6.45) is 1.79. The maximum Gasteiger partial charge on any atom is 0.0314 e. The summed E-state index contributed by atoms with van der Waals surface area (Å²) in [5.74, 6) is 0. The van der Waals surface area contributed by atoms with E-state index in [9.17, 15) is 0 Å². The van der Waals surface area contributed by atoms with Gasteiger partial charge in [0.2, 0.25) is 0 Å². The Morgan fingerprint density at radius 1 is 0.941 bits per heavy atom. The van der Waals surface area contributed by atoms with Crippen LogP contribution in [0.3, 0.4) is 0 Å². The van der Waals surface area contributed by atoms with Gasteiger partial charge in [0.05, 0.1) is 0 Å². The van der Waals surface area contributed by atoms with Crippen molar-refractivity contribution >= 4 is 11.8 Å². The summed E-state index contributed by atoms with van der Waals surface area (Å²) in [6.45, 7) is 4.26. The third-order valence-electron chi connectivity index (χ3n) is 2.25. The minimum absolute atomic E-state index is 0.640. The molecule has 0 heterocycles. The average molecular weight is 226 g/mol. The molecule has 0 spiro atoms. The number of rotatable bonds is 2. The van der Waals surface area contributed by atoms with E-state index in [1.165, 1.54) is 5.56 Å². The third kappa shape index (κ3) is 5.00. The van der Waals surface area contributed by atoms with Crippen LogP contribution < -0.4 is 11.5 Å². The van der Waals surface area contributed by atoms with Gasteiger partial charge < -0.3 is 11.5 Å². The van der Waals surface area contributed by atoms with Crippen molar-refractivity contribution in [2.45, 2.75) is 6.54 Å². The van der Waals surface area contributed by atoms with Crippen LogP contribution in [0.25, 0.3) is 6.08 Å². The van der Waals surface area contributed by atoms with E-state index < -0.39 is 0 Å². The van der Waals surface area contributed by atoms with Crippen molar-refractivity contribution in [1.29, 1.82) is 0 Å². The third-order valence-corrected chi connectivity index (χ3v) is 2.25. The van der Waals surface area contributed by atoms with Gasteiger partial charge >= 0.3 is 0 Å². The molecule has 2 aromatic carbocycles. The zero-order valence-corrected chi connectivity index (χ0v) is 9.84. The van der Waals surface area contributed by atoms with Crippen molar-refractivity contribution in [3.05, 3.63) is 72.3 Å². The predicted octanol–water partition coefficient (Wildman–Crippen LogP) is 3.06. The molecule has 0 aliphatic heterocycles. The lowest BCUT2D eigenvalue weighted by Crippen LogP contribution is -1.94. The van der Waals surface area contributed by atoms with E-state index in [1.54, 1.807) is 6.08 Å². The Morgan fingerprint density at radius 3 is 1.94 bits per heavy atom. The molecular weight excluding hydrogens is 208 g/mol. The number of hydrogen-bond acceptors (Lipinski definition) is 2. The Hall–Kier alpha value is -2.06. The number of nitrogen functional groups attached to an aromatic ring is 1. The number of hydrogen-bond donors (Lipinski definition) is 2. The van der Waals surface area contributed by atoms with Gasteiger partial charge in [0, 0.05) is 12.2 Å². The molecule has 2 rings (SSSR count). The molecule has 4 N–H and O–H groups in total. The molecule has 0 aromatic heterocycles. The fourth-order valence-electron chi connectivity index (χ4n) is 1.25. The highest BCUT2D eigenvalue weighted by Crippen LogP contribution is 2.05. The smallest absolute Gasteiger partial charge is 0.0314 e. The first-order chi connectivity index (χ1) is 8.26. The van der Waals surface area contributed by atoms with Crippen LogP contribution in [0.15, 0.2) is 61.2 Å². The Morgan fingerprint density at radius 2 is 1.53 bits per heavy atom. The molecule has 0 amide bonds. The SMILES string of the molecule is C=Cc1ccc(N)cc1.NCc1ccccc1. The molecule has 2 heteroatoms. The van der Waals surface area contributed by atoms with Crippen LogP contribution in [0.4, 0.5) is 5.69 Å². The highest BCUT2D eigenvalue weighted by atomic mass is 14.5. The zero-order valence-electron chi connectivity index (χ0n) is 9.84. The van der Waals surface area contributed by atoms with Gasteiger partial charge in [0.15, 0.2) is 0 Å². The number of benzene rings is 2. The summed E-state index contributed by atoms with van der Waals surface area (Å²) in [7, 11) is 0. The van der Waals surface area contributed by atoms with Crippen molar-refractivity contribution in [1.82, 2.24) is 0 Å². The van der Waals surface area contributed by atoms with Crippen molar-refractivity contribution in [3.8, 4) is 0 Å². The second-order valence-electron chi connectivity index (χ2n) is 3.56. The van der Waals surface area contributed by atoms with Crippen LogP contribution in [0, 0.1) is 0 Å². The van der Waals surface area contributed by atoms with E-state index in [-0.39, 0.29) is 0 Å². The summed E-state index contributed by atoms with van der Waals surface area (Å²) in [5.41, 5.74) is 13.9. The van der Waals surface area contributed by atoms with E-state index in [0.29, 0.717) is 6.54 Å². The summed E-state index contributed by atoms with van der Waals surface area (Å²) in [5, 5.41) is 0. The quantitative estimate of drug-likeness (QED) is 0.773. The Kier molecular flexibility index (Phi) is 5.55. The lowest BCUT2D eigenvalue weighted by Gasteiger charge is -1.91. The van der Waals surface area contributed by atoms with Crippen LogP contribution in [0.5, 0.6) is 0 Å². The van der Waals surface area contributed by atoms with Crippen LogP contribution in [-0.2, 0) is 6.54 Å². The molecule has 88 valence electrons. The molecule has 0 bridgehead atoms. The first-order valence-corrected chi connectivity index (χ1v) is 5.48. The Labute approximate surface area is 103 Å². The first kappa shape index (κ1) is 13.0. The molecule has 0 unspecified atom stereocenters. The molecule has 0 radical (unpaired) electrons. The van der Waals surface area contributed by atoms with Crippen LogP contribution in [0.1, 0.15) is 11.1 Å². The largest absolute Gasteiger partial charge is 0.399 e. The second kappa shape index (κ2) is 7.25. The van der Waals surface area contributed by atoms with E-state index in [4.69, 9.17) is 11.5 Å². The molecule has 0 saturated heterocycles. The maximum atomic E-state index is 5.45. The summed E-state index contributed by atoms with van der Waals surface area (Å²) in [4.78, 5) is 0. The van der Waals surface area contributed by atoms with E-state index in [1.807, 2.05) is 54.6 Å². The minimum atomic E-state index is 0.640. The number of nitrogens with two attached hydrogens (primary N) is 2. The van der Waals surface area contributed by atoms with Crippen LogP contribution in [-0.4, -0.2) is 0 Å². The van der Waals surface area contributed by atoms with Gasteiger partial charge in [-0.2, -0.15) is 0 Å². The van der Waals surface area contributed by atoms with Crippen molar-refractivity contribution in [2.75, 3.05) is 5.73 Å². The van der Waals surface area contributed by atoms with Crippen LogP contribution >= 0.6 is 0 Å². The summed E-state index contributed by atoms with van der Waals surface area (Å²) < 4.78 is 0. The second-order valence-corrected chi connectivity index (χ2v) is 3.56. The Bertz CT molecular complexity index is 432. The highest BCUT2D eigenvalue weighted by Gasteiger charge is 1.82. The normalized spacial score (nSPS) is 9.00. The van der Waals surface area contributed by atoms with Gasteiger partial charge in [0.1, 0.15) is 0 Å². The van der Waals surface area contributed by atoms with Crippen LogP contribution in [0.2, 0.25) is 0 Å². The molecule has 2 aromatic rings. The lowest BCUT2D eigenvalue weighted by atomic mass is 10.2. The van der Waals surface area contributed by atoms with Crippen molar-refractivity contribution in [2.24, 2.45) is 5.73 Å². The van der Waals surface area contributed by atoms with E-state index in [0.717, 1.165) is 11.3 Å². The van der Waals surface area contributed by atoms with Crippen molar-refractivity contribution in [3.63, 3.8) is 0 Å². The lowest BCUT2D eigenvalue weighted by molar-refractivity contribution is 1.07. The van der Waals surface area contributed by atoms with Gasteiger partial charge in [-0.1, -0.05) is 55.1 Å². The molecule has 0 atom stereocenters. The monoisotopic (exact) mass is 226 g/mol. The molecule has 0 saturated carbocycles. The van der Waals surface area contributed by atoms with Gasteiger partial charge in [-0.25, -0.2) is 0 Å². The minimum Gasteiger partial charge on any atom is -0.399 e. The maximum absolute atomic E-state index is 5.45. The predicted molar refractivity (Wildman–Crippen MR) is 75.3 cm³/mol. The van der Waals surface area contributed by atoms with E-state index >= 15 is 0 Å². The standard InChI is InChI=1S/C8H9N.C7H9N/c1-2-7-3-5-8(9)6-4-7;8-6-7-4-2-1-3-5-7/h2-6H,1,9H2;1-5H,6,8H2. The summed E-state index contributed by atoms with van der Waals surface area (Å²) >= 11 is 0. The molecule has 2 nitrogen and oxygen atoms in total. The summed E-state index contributed by atoms with van der Waals surface area (Å²) in [6, 6.07) is 17.6. The fourth-order valence-corrected chi connectivity index (χ4v) is 1.25. The molecule has 0 aliphatic carbocycles. The topological polar surface area (TPSA) is 52.0 Å². The Balaban J connectivity index is 0.000000171. The average Bonchev–Trinajstić information content (AvgIpc) is 2.41. The first-order valence-electron chi connectivity index (χ1n) is 5.48. The van der Waals surface area contributed by atoms with Gasteiger partial charge in [-0.05, 0) is 23.3 Å². The molecule has 0 aliphatic rings. The van der Waals surface area contributed by atoms with Crippen molar-refractivity contribution < 1.29 is 0 Å². The molecule has 0 fully saturated rings. The number of anilines is 1.